The van der Waals surface area contributed by atoms with Gasteiger partial charge in [-0.15, -0.1) is 0 Å². The first-order valence-electron chi connectivity index (χ1n) is 6.29. The van der Waals surface area contributed by atoms with Crippen LogP contribution in [0.3, 0.4) is 0 Å². The summed E-state index contributed by atoms with van der Waals surface area (Å²) in [6.45, 7) is 3.65. The maximum atomic E-state index is 12.1. The molecular weight excluding hydrogens is 276 g/mol. The minimum absolute atomic E-state index is 0.138. The summed E-state index contributed by atoms with van der Waals surface area (Å²) >= 11 is 6.03. The minimum atomic E-state index is -0.400. The highest BCUT2D eigenvalue weighted by Gasteiger charge is 2.15. The third kappa shape index (κ3) is 3.30. The van der Waals surface area contributed by atoms with Crippen LogP contribution in [0.5, 0.6) is 0 Å². The Morgan fingerprint density at radius 2 is 2.15 bits per heavy atom. The van der Waals surface area contributed by atoms with Crippen molar-refractivity contribution in [2.24, 2.45) is 7.05 Å². The number of aromatic nitrogens is 2. The molecule has 0 spiro atoms. The lowest BCUT2D eigenvalue weighted by molar-refractivity contribution is -0.116. The van der Waals surface area contributed by atoms with Crippen LogP contribution in [0.25, 0.3) is 0 Å². The molecule has 0 aliphatic carbocycles. The van der Waals surface area contributed by atoms with Gasteiger partial charge >= 0.3 is 0 Å². The van der Waals surface area contributed by atoms with Gasteiger partial charge in [-0.25, -0.2) is 0 Å². The number of carbonyl (C=O) groups excluding carboxylic acids is 1. The average molecular weight is 293 g/mol. The largest absolute Gasteiger partial charge is 0.357 e. The van der Waals surface area contributed by atoms with Crippen molar-refractivity contribution in [3.63, 3.8) is 0 Å². The summed E-state index contributed by atoms with van der Waals surface area (Å²) in [6.07, 6.45) is 1.81. The molecule has 20 heavy (non-hydrogen) atoms. The number of rotatable bonds is 4. The molecule has 0 radical (unpaired) electrons. The molecule has 0 aliphatic rings. The van der Waals surface area contributed by atoms with Crippen molar-refractivity contribution < 1.29 is 4.79 Å². The number of carbonyl (C=O) groups is 1. The standard InChI is InChI=1S/C14H17ClN4O/c1-9-11(15)5-4-6-12(9)17-14(20)10(2)16-13-7-8-19(3)18-13/h4-8,10H,1-3H3,(H,16,18)(H,17,20). The van der Waals surface area contributed by atoms with Gasteiger partial charge in [0, 0.05) is 30.0 Å². The van der Waals surface area contributed by atoms with Crippen molar-refractivity contribution in [2.45, 2.75) is 19.9 Å². The van der Waals surface area contributed by atoms with Gasteiger partial charge in [-0.1, -0.05) is 17.7 Å². The first kappa shape index (κ1) is 14.4. The Bertz CT molecular complexity index is 623. The zero-order valence-corrected chi connectivity index (χ0v) is 12.4. The fourth-order valence-electron chi connectivity index (χ4n) is 1.76. The lowest BCUT2D eigenvalue weighted by Crippen LogP contribution is -2.32. The molecule has 6 heteroatoms. The third-order valence-corrected chi connectivity index (χ3v) is 3.41. The first-order chi connectivity index (χ1) is 9.47. The van der Waals surface area contributed by atoms with E-state index >= 15 is 0 Å². The first-order valence-corrected chi connectivity index (χ1v) is 6.67. The number of benzene rings is 1. The second-order valence-electron chi connectivity index (χ2n) is 4.64. The Morgan fingerprint density at radius 1 is 1.40 bits per heavy atom. The molecule has 0 aliphatic heterocycles. The molecule has 5 nitrogen and oxygen atoms in total. The van der Waals surface area contributed by atoms with Crippen molar-refractivity contribution in [1.29, 1.82) is 0 Å². The summed E-state index contributed by atoms with van der Waals surface area (Å²) < 4.78 is 1.67. The summed E-state index contributed by atoms with van der Waals surface area (Å²) in [5.41, 5.74) is 1.57. The van der Waals surface area contributed by atoms with Crippen LogP contribution in [-0.2, 0) is 11.8 Å². The molecule has 106 valence electrons. The van der Waals surface area contributed by atoms with Crippen LogP contribution in [0.4, 0.5) is 11.5 Å². The van der Waals surface area contributed by atoms with Gasteiger partial charge in [0.1, 0.15) is 11.9 Å². The van der Waals surface area contributed by atoms with Crippen LogP contribution in [0.2, 0.25) is 5.02 Å². The Hall–Kier alpha value is -2.01. The van der Waals surface area contributed by atoms with Gasteiger partial charge in [-0.2, -0.15) is 5.10 Å². The fraction of sp³-hybridized carbons (Fsp3) is 0.286. The Balaban J connectivity index is 2.02. The zero-order chi connectivity index (χ0) is 14.7. The van der Waals surface area contributed by atoms with Gasteiger partial charge in [0.15, 0.2) is 0 Å². The molecule has 2 N–H and O–H groups in total. The summed E-state index contributed by atoms with van der Waals surface area (Å²) in [5, 5.41) is 10.7. The lowest BCUT2D eigenvalue weighted by atomic mass is 10.2. The number of nitrogens with zero attached hydrogens (tertiary/aromatic N) is 2. The van der Waals surface area contributed by atoms with Gasteiger partial charge < -0.3 is 10.6 Å². The predicted molar refractivity (Wildman–Crippen MR) is 81.1 cm³/mol. The summed E-state index contributed by atoms with van der Waals surface area (Å²) in [6, 6.07) is 6.84. The van der Waals surface area contributed by atoms with E-state index in [0.717, 1.165) is 11.3 Å². The smallest absolute Gasteiger partial charge is 0.246 e. The Labute approximate surface area is 122 Å². The van der Waals surface area contributed by atoms with Crippen LogP contribution in [0.15, 0.2) is 30.5 Å². The number of hydrogen-bond acceptors (Lipinski definition) is 3. The number of halogens is 1. The van der Waals surface area contributed by atoms with Crippen molar-refractivity contribution in [3.8, 4) is 0 Å². The van der Waals surface area contributed by atoms with E-state index < -0.39 is 6.04 Å². The average Bonchev–Trinajstić information content (AvgIpc) is 2.80. The highest BCUT2D eigenvalue weighted by atomic mass is 35.5. The molecule has 1 unspecified atom stereocenters. The zero-order valence-electron chi connectivity index (χ0n) is 11.6. The van der Waals surface area contributed by atoms with E-state index in [4.69, 9.17) is 11.6 Å². The van der Waals surface area contributed by atoms with Crippen LogP contribution in [0, 0.1) is 6.92 Å². The number of aryl methyl sites for hydroxylation is 1. The van der Waals surface area contributed by atoms with E-state index in [0.29, 0.717) is 10.8 Å². The van der Waals surface area contributed by atoms with Crippen molar-refractivity contribution in [1.82, 2.24) is 9.78 Å². The molecule has 1 aromatic heterocycles. The van der Waals surface area contributed by atoms with Gasteiger partial charge in [0.05, 0.1) is 0 Å². The SMILES string of the molecule is Cc1c(Cl)cccc1NC(=O)C(C)Nc1ccn(C)n1. The molecule has 0 bridgehead atoms. The number of nitrogens with one attached hydrogen (secondary N) is 2. The molecular formula is C14H17ClN4O. The van der Waals surface area contributed by atoms with E-state index in [1.54, 1.807) is 17.7 Å². The normalized spacial score (nSPS) is 12.0. The van der Waals surface area contributed by atoms with Gasteiger partial charge in [-0.3, -0.25) is 9.48 Å². The van der Waals surface area contributed by atoms with Crippen molar-refractivity contribution in [2.75, 3.05) is 10.6 Å². The summed E-state index contributed by atoms with van der Waals surface area (Å²) in [4.78, 5) is 12.1. The van der Waals surface area contributed by atoms with Crippen molar-refractivity contribution >= 4 is 29.0 Å². The molecule has 1 aromatic carbocycles. The van der Waals surface area contributed by atoms with Crippen LogP contribution >= 0.6 is 11.6 Å². The summed E-state index contributed by atoms with van der Waals surface area (Å²) in [7, 11) is 1.82. The van der Waals surface area contributed by atoms with E-state index in [2.05, 4.69) is 15.7 Å². The topological polar surface area (TPSA) is 59.0 Å². The molecule has 0 saturated carbocycles. The maximum absolute atomic E-state index is 12.1. The second kappa shape index (κ2) is 5.96. The number of hydrogen-bond donors (Lipinski definition) is 2. The van der Waals surface area contributed by atoms with Crippen LogP contribution in [-0.4, -0.2) is 21.7 Å². The second-order valence-corrected chi connectivity index (χ2v) is 5.05. The molecule has 2 aromatic rings. The van der Waals surface area contributed by atoms with E-state index in [1.165, 1.54) is 0 Å². The van der Waals surface area contributed by atoms with E-state index in [9.17, 15) is 4.79 Å². The number of amides is 1. The highest BCUT2D eigenvalue weighted by Crippen LogP contribution is 2.23. The number of anilines is 2. The fourth-order valence-corrected chi connectivity index (χ4v) is 1.94. The molecule has 1 atom stereocenters. The third-order valence-electron chi connectivity index (χ3n) is 3.00. The summed E-state index contributed by atoms with van der Waals surface area (Å²) in [5.74, 6) is 0.527. The van der Waals surface area contributed by atoms with Gasteiger partial charge in [0.25, 0.3) is 0 Å². The molecule has 0 saturated heterocycles. The quantitative estimate of drug-likeness (QED) is 0.911. The van der Waals surface area contributed by atoms with Crippen LogP contribution in [0.1, 0.15) is 12.5 Å². The van der Waals surface area contributed by atoms with E-state index in [1.807, 2.05) is 38.4 Å². The molecule has 1 amide bonds. The predicted octanol–water partition coefficient (Wildman–Crippen LogP) is 2.82. The van der Waals surface area contributed by atoms with Crippen molar-refractivity contribution in [3.05, 3.63) is 41.0 Å². The van der Waals surface area contributed by atoms with E-state index in [-0.39, 0.29) is 5.91 Å². The minimum Gasteiger partial charge on any atom is -0.357 e. The molecule has 2 rings (SSSR count). The lowest BCUT2D eigenvalue weighted by Gasteiger charge is -2.15. The molecule has 0 fully saturated rings. The molecule has 1 heterocycles. The van der Waals surface area contributed by atoms with Gasteiger partial charge in [0.2, 0.25) is 5.91 Å². The Morgan fingerprint density at radius 3 is 2.80 bits per heavy atom. The monoisotopic (exact) mass is 292 g/mol. The van der Waals surface area contributed by atoms with Gasteiger partial charge in [-0.05, 0) is 31.5 Å². The maximum Gasteiger partial charge on any atom is 0.246 e. The highest BCUT2D eigenvalue weighted by molar-refractivity contribution is 6.31. The van der Waals surface area contributed by atoms with Crippen LogP contribution < -0.4 is 10.6 Å². The Kier molecular flexibility index (Phi) is 4.29.